The lowest BCUT2D eigenvalue weighted by Crippen LogP contribution is -2.30. The van der Waals surface area contributed by atoms with Gasteiger partial charge in [0.05, 0.1) is 6.42 Å². The molecular formula is C41H68O6. The van der Waals surface area contributed by atoms with Gasteiger partial charge in [0, 0.05) is 12.8 Å². The van der Waals surface area contributed by atoms with Crippen LogP contribution < -0.4 is 0 Å². The van der Waals surface area contributed by atoms with Crippen molar-refractivity contribution in [1.29, 1.82) is 0 Å². The Hall–Kier alpha value is -2.89. The zero-order valence-electron chi connectivity index (χ0n) is 30.3. The highest BCUT2D eigenvalue weighted by Gasteiger charge is 2.19. The average molecular weight is 657 g/mol. The number of carbonyl (C=O) groups is 3. The number of allylic oxidation sites excluding steroid dienone is 9. The van der Waals surface area contributed by atoms with Gasteiger partial charge in [-0.2, -0.15) is 0 Å². The Morgan fingerprint density at radius 2 is 0.894 bits per heavy atom. The molecule has 0 aliphatic carbocycles. The first-order valence-electron chi connectivity index (χ1n) is 18.8. The monoisotopic (exact) mass is 657 g/mol. The molecule has 1 unspecified atom stereocenters. The van der Waals surface area contributed by atoms with Gasteiger partial charge < -0.3 is 14.2 Å². The van der Waals surface area contributed by atoms with Crippen LogP contribution in [0, 0.1) is 0 Å². The Kier molecular flexibility index (Phi) is 33.7. The van der Waals surface area contributed by atoms with Crippen LogP contribution in [0.15, 0.2) is 60.8 Å². The van der Waals surface area contributed by atoms with Gasteiger partial charge in [0.15, 0.2) is 6.10 Å². The first kappa shape index (κ1) is 44.1. The molecule has 6 heteroatoms. The number of hydrogen-bond donors (Lipinski definition) is 0. The normalized spacial score (nSPS) is 12.7. The highest BCUT2D eigenvalue weighted by Crippen LogP contribution is 2.12. The lowest BCUT2D eigenvalue weighted by molar-refractivity contribution is -0.166. The molecule has 0 saturated carbocycles. The first-order valence-corrected chi connectivity index (χ1v) is 18.8. The number of carbonyl (C=O) groups excluding carboxylic acids is 3. The van der Waals surface area contributed by atoms with Crippen molar-refractivity contribution in [2.24, 2.45) is 0 Å². The molecule has 0 amide bonds. The van der Waals surface area contributed by atoms with E-state index in [0.717, 1.165) is 70.6 Å². The Balaban J connectivity index is 4.51. The zero-order chi connectivity index (χ0) is 34.5. The molecule has 6 nitrogen and oxygen atoms in total. The maximum atomic E-state index is 12.5. The minimum absolute atomic E-state index is 0.0997. The maximum absolute atomic E-state index is 12.5. The zero-order valence-corrected chi connectivity index (χ0v) is 30.3. The second kappa shape index (κ2) is 36.0. The summed E-state index contributed by atoms with van der Waals surface area (Å²) in [5.74, 6) is -1.10. The molecule has 0 aromatic rings. The predicted molar refractivity (Wildman–Crippen MR) is 196 cm³/mol. The van der Waals surface area contributed by atoms with Gasteiger partial charge >= 0.3 is 17.9 Å². The third kappa shape index (κ3) is 34.3. The van der Waals surface area contributed by atoms with E-state index in [0.29, 0.717) is 12.8 Å². The van der Waals surface area contributed by atoms with E-state index in [2.05, 4.69) is 69.4 Å². The van der Waals surface area contributed by atoms with E-state index in [1.54, 1.807) is 6.08 Å². The smallest absolute Gasteiger partial charge is 0.310 e. The van der Waals surface area contributed by atoms with E-state index in [9.17, 15) is 14.4 Å². The van der Waals surface area contributed by atoms with Gasteiger partial charge in [-0.15, -0.1) is 0 Å². The molecule has 0 heterocycles. The molecule has 0 aromatic heterocycles. The van der Waals surface area contributed by atoms with Gasteiger partial charge in [-0.1, -0.05) is 146 Å². The van der Waals surface area contributed by atoms with Gasteiger partial charge in [0.25, 0.3) is 0 Å². The van der Waals surface area contributed by atoms with Crippen LogP contribution in [-0.2, 0) is 28.6 Å². The lowest BCUT2D eigenvalue weighted by Gasteiger charge is -2.18. The molecule has 47 heavy (non-hydrogen) atoms. The van der Waals surface area contributed by atoms with Gasteiger partial charge in [-0.3, -0.25) is 14.4 Å². The first-order chi connectivity index (χ1) is 23.0. The predicted octanol–water partition coefficient (Wildman–Crippen LogP) is 11.4. The summed E-state index contributed by atoms with van der Waals surface area (Å²) in [4.78, 5) is 37.2. The quantitative estimate of drug-likeness (QED) is 0.0310. The van der Waals surface area contributed by atoms with Gasteiger partial charge in [0.2, 0.25) is 0 Å². The molecule has 0 fully saturated rings. The number of esters is 3. The Morgan fingerprint density at radius 1 is 0.468 bits per heavy atom. The lowest BCUT2D eigenvalue weighted by atomic mass is 10.1. The molecule has 1 atom stereocenters. The molecule has 0 aromatic carbocycles. The van der Waals surface area contributed by atoms with E-state index in [1.807, 2.05) is 6.08 Å². The molecule has 0 rings (SSSR count). The van der Waals surface area contributed by atoms with Gasteiger partial charge in [0.1, 0.15) is 13.2 Å². The summed E-state index contributed by atoms with van der Waals surface area (Å²) in [6, 6.07) is 0. The summed E-state index contributed by atoms with van der Waals surface area (Å²) in [5.41, 5.74) is 0. The Morgan fingerprint density at radius 3 is 1.40 bits per heavy atom. The van der Waals surface area contributed by atoms with Crippen LogP contribution in [0.25, 0.3) is 0 Å². The van der Waals surface area contributed by atoms with E-state index in [4.69, 9.17) is 14.2 Å². The molecule has 0 spiro atoms. The van der Waals surface area contributed by atoms with Crippen molar-refractivity contribution in [3.63, 3.8) is 0 Å². The van der Waals surface area contributed by atoms with Crippen molar-refractivity contribution in [3.05, 3.63) is 60.8 Å². The number of unbranched alkanes of at least 4 members (excludes halogenated alkanes) is 12. The van der Waals surface area contributed by atoms with Crippen LogP contribution in [0.1, 0.15) is 162 Å². The minimum atomic E-state index is -0.828. The van der Waals surface area contributed by atoms with Crippen molar-refractivity contribution in [2.75, 3.05) is 13.2 Å². The summed E-state index contributed by atoms with van der Waals surface area (Å²) >= 11 is 0. The van der Waals surface area contributed by atoms with Gasteiger partial charge in [-0.05, 0) is 57.8 Å². The standard InChI is InChI=1S/C41H68O6/c1-4-7-10-13-16-19-20-23-25-28-31-34-40(43)46-37-38(47-41(44)35-32-29-26-22-18-15-12-9-6-3)36-45-39(42)33-30-27-24-21-17-14-11-8-5-2/h8-9,11-12,17-18,21-22,29,32,38H,4-7,10,13-16,19-20,23-28,30-31,33-37H2,1-3H3/b11-8-,12-9-,21-17-,22-18-,32-29-. The molecular weight excluding hydrogens is 588 g/mol. The summed E-state index contributed by atoms with van der Waals surface area (Å²) < 4.78 is 16.4. The maximum Gasteiger partial charge on any atom is 0.310 e. The molecule has 0 saturated heterocycles. The third-order valence-corrected chi connectivity index (χ3v) is 7.55. The molecule has 268 valence electrons. The van der Waals surface area contributed by atoms with Crippen molar-refractivity contribution in [3.8, 4) is 0 Å². The van der Waals surface area contributed by atoms with Crippen LogP contribution >= 0.6 is 0 Å². The minimum Gasteiger partial charge on any atom is -0.462 e. The second-order valence-electron chi connectivity index (χ2n) is 12.1. The molecule has 0 aliphatic heterocycles. The highest BCUT2D eigenvalue weighted by atomic mass is 16.6. The SMILES string of the molecule is CC/C=C\C/C=C\C/C=C\CC(=O)OC(COC(=O)CCCC/C=C\C/C=C\CC)COC(=O)CCCCCCCCCCCCC. The molecule has 0 radical (unpaired) electrons. The van der Waals surface area contributed by atoms with Crippen molar-refractivity contribution >= 4 is 17.9 Å². The average Bonchev–Trinajstić information content (AvgIpc) is 3.06. The fraction of sp³-hybridized carbons (Fsp3) is 0.683. The number of rotatable bonds is 32. The molecule has 0 aliphatic rings. The fourth-order valence-electron chi connectivity index (χ4n) is 4.78. The Bertz CT molecular complexity index is 898. The second-order valence-corrected chi connectivity index (χ2v) is 12.1. The summed E-state index contributed by atoms with van der Waals surface area (Å²) in [6.07, 6.45) is 41.1. The summed E-state index contributed by atoms with van der Waals surface area (Å²) in [7, 11) is 0. The van der Waals surface area contributed by atoms with E-state index < -0.39 is 12.1 Å². The Labute approximate surface area is 288 Å². The van der Waals surface area contributed by atoms with Crippen LogP contribution in [-0.4, -0.2) is 37.2 Å². The van der Waals surface area contributed by atoms with Crippen LogP contribution in [0.5, 0.6) is 0 Å². The van der Waals surface area contributed by atoms with Crippen molar-refractivity contribution in [2.45, 2.75) is 168 Å². The summed E-state index contributed by atoms with van der Waals surface area (Å²) in [6.45, 7) is 6.22. The topological polar surface area (TPSA) is 78.9 Å². The molecule has 0 N–H and O–H groups in total. The van der Waals surface area contributed by atoms with E-state index in [-0.39, 0.29) is 31.6 Å². The van der Waals surface area contributed by atoms with Gasteiger partial charge in [-0.25, -0.2) is 0 Å². The highest BCUT2D eigenvalue weighted by molar-refractivity contribution is 5.72. The largest absolute Gasteiger partial charge is 0.462 e. The third-order valence-electron chi connectivity index (χ3n) is 7.55. The van der Waals surface area contributed by atoms with Crippen LogP contribution in [0.4, 0.5) is 0 Å². The van der Waals surface area contributed by atoms with Crippen molar-refractivity contribution in [1.82, 2.24) is 0 Å². The van der Waals surface area contributed by atoms with Crippen molar-refractivity contribution < 1.29 is 28.6 Å². The summed E-state index contributed by atoms with van der Waals surface area (Å²) in [5, 5.41) is 0. The number of ether oxygens (including phenoxy) is 3. The van der Waals surface area contributed by atoms with E-state index >= 15 is 0 Å². The van der Waals surface area contributed by atoms with E-state index in [1.165, 1.54) is 51.4 Å². The van der Waals surface area contributed by atoms with Crippen LogP contribution in [0.2, 0.25) is 0 Å². The number of hydrogen-bond acceptors (Lipinski definition) is 6. The van der Waals surface area contributed by atoms with Crippen LogP contribution in [0.3, 0.4) is 0 Å². The molecule has 0 bridgehead atoms. The fourth-order valence-corrected chi connectivity index (χ4v) is 4.78.